The van der Waals surface area contributed by atoms with Crippen molar-refractivity contribution in [1.82, 2.24) is 0 Å². The van der Waals surface area contributed by atoms with E-state index in [0.717, 1.165) is 0 Å². The highest BCUT2D eigenvalue weighted by molar-refractivity contribution is 6.30. The van der Waals surface area contributed by atoms with Gasteiger partial charge in [0.05, 0.1) is 16.9 Å². The van der Waals surface area contributed by atoms with Crippen molar-refractivity contribution in [3.63, 3.8) is 0 Å². The zero-order valence-electron chi connectivity index (χ0n) is 9.18. The van der Waals surface area contributed by atoms with Crippen LogP contribution in [0.2, 0.25) is 5.02 Å². The van der Waals surface area contributed by atoms with Gasteiger partial charge in [0.15, 0.2) is 0 Å². The van der Waals surface area contributed by atoms with Crippen LogP contribution in [0.25, 0.3) is 0 Å². The molecular weight excluding hydrogens is 257 g/mol. The molecule has 0 aliphatic heterocycles. The van der Waals surface area contributed by atoms with E-state index in [1.807, 2.05) is 0 Å². The van der Waals surface area contributed by atoms with Gasteiger partial charge in [-0.3, -0.25) is 0 Å². The number of rotatable bonds is 3. The second-order valence-corrected chi connectivity index (χ2v) is 4.05. The first-order valence-electron chi connectivity index (χ1n) is 5.13. The molecule has 1 N–H and O–H groups in total. The van der Waals surface area contributed by atoms with Gasteiger partial charge >= 0.3 is 5.97 Å². The molecular formula is C13H9ClFNO2. The fourth-order valence-corrected chi connectivity index (χ4v) is 1.61. The third-order valence-electron chi connectivity index (χ3n) is 2.37. The van der Waals surface area contributed by atoms with Gasteiger partial charge in [0.1, 0.15) is 0 Å². The molecule has 0 saturated heterocycles. The Morgan fingerprint density at radius 1 is 1.11 bits per heavy atom. The first-order valence-corrected chi connectivity index (χ1v) is 5.50. The predicted molar refractivity (Wildman–Crippen MR) is 68.1 cm³/mol. The molecule has 0 spiro atoms. The maximum Gasteiger partial charge on any atom is 0.335 e. The van der Waals surface area contributed by atoms with Gasteiger partial charge in [-0.25, -0.2) is 4.79 Å². The lowest BCUT2D eigenvalue weighted by Gasteiger charge is -2.14. The Kier molecular flexibility index (Phi) is 3.48. The van der Waals surface area contributed by atoms with Crippen LogP contribution in [0.3, 0.4) is 0 Å². The Morgan fingerprint density at radius 3 is 2.39 bits per heavy atom. The average molecular weight is 266 g/mol. The third-order valence-corrected chi connectivity index (χ3v) is 2.63. The number of carboxylic acid groups (broad SMARTS) is 1. The van der Waals surface area contributed by atoms with Crippen LogP contribution in [0.5, 0.6) is 0 Å². The molecule has 0 saturated carbocycles. The molecule has 0 aliphatic carbocycles. The number of nitrogens with zero attached hydrogens (tertiary/aromatic N) is 1. The van der Waals surface area contributed by atoms with Crippen LogP contribution >= 0.6 is 11.6 Å². The summed E-state index contributed by atoms with van der Waals surface area (Å²) in [7, 11) is 0. The largest absolute Gasteiger partial charge is 0.478 e. The van der Waals surface area contributed by atoms with Gasteiger partial charge < -0.3 is 5.11 Å². The highest BCUT2D eigenvalue weighted by Gasteiger charge is 2.10. The Morgan fingerprint density at radius 2 is 1.78 bits per heavy atom. The lowest BCUT2D eigenvalue weighted by atomic mass is 10.2. The summed E-state index contributed by atoms with van der Waals surface area (Å²) in [6.45, 7) is 0. The minimum absolute atomic E-state index is 0.0316. The zero-order valence-corrected chi connectivity index (χ0v) is 9.93. The quantitative estimate of drug-likeness (QED) is 0.851. The minimum Gasteiger partial charge on any atom is -0.478 e. The summed E-state index contributed by atoms with van der Waals surface area (Å²) in [6, 6.07) is 11.8. The summed E-state index contributed by atoms with van der Waals surface area (Å²) < 4.78 is 14.0. The average Bonchev–Trinajstić information content (AvgIpc) is 2.39. The van der Waals surface area contributed by atoms with Crippen LogP contribution < -0.4 is 5.12 Å². The fraction of sp³-hybridized carbons (Fsp3) is 0. The smallest absolute Gasteiger partial charge is 0.335 e. The third kappa shape index (κ3) is 2.60. The first-order chi connectivity index (χ1) is 8.58. The monoisotopic (exact) mass is 265 g/mol. The van der Waals surface area contributed by atoms with E-state index < -0.39 is 5.97 Å². The summed E-state index contributed by atoms with van der Waals surface area (Å²) in [5.74, 6) is -1.10. The fourth-order valence-electron chi connectivity index (χ4n) is 1.48. The van der Waals surface area contributed by atoms with E-state index in [-0.39, 0.29) is 16.9 Å². The zero-order chi connectivity index (χ0) is 13.1. The second kappa shape index (κ2) is 5.06. The molecule has 0 atom stereocenters. The van der Waals surface area contributed by atoms with Crippen LogP contribution in [-0.2, 0) is 0 Å². The number of carboxylic acids is 1. The van der Waals surface area contributed by atoms with E-state index >= 15 is 0 Å². The SMILES string of the molecule is O=C(O)c1cccc(N(F)c2ccc(Cl)cc2)c1. The summed E-state index contributed by atoms with van der Waals surface area (Å²) in [6.07, 6.45) is 0. The Hall–Kier alpha value is -2.07. The van der Waals surface area contributed by atoms with Gasteiger partial charge in [0.2, 0.25) is 0 Å². The van der Waals surface area contributed by atoms with Gasteiger partial charge in [-0.1, -0.05) is 22.1 Å². The molecule has 92 valence electrons. The van der Waals surface area contributed by atoms with Gasteiger partial charge in [-0.05, 0) is 42.5 Å². The topological polar surface area (TPSA) is 40.5 Å². The van der Waals surface area contributed by atoms with E-state index in [1.54, 1.807) is 12.1 Å². The van der Waals surface area contributed by atoms with E-state index in [2.05, 4.69) is 0 Å². The molecule has 5 heteroatoms. The molecule has 0 aromatic heterocycles. The van der Waals surface area contributed by atoms with E-state index in [0.29, 0.717) is 10.1 Å². The highest BCUT2D eigenvalue weighted by atomic mass is 35.5. The van der Waals surface area contributed by atoms with E-state index in [1.165, 1.54) is 36.4 Å². The summed E-state index contributed by atoms with van der Waals surface area (Å²) in [5, 5.41) is 9.75. The molecule has 0 bridgehead atoms. The predicted octanol–water partition coefficient (Wildman–Crippen LogP) is 4.06. The van der Waals surface area contributed by atoms with Crippen molar-refractivity contribution >= 4 is 28.9 Å². The van der Waals surface area contributed by atoms with Crippen LogP contribution in [-0.4, -0.2) is 11.1 Å². The molecule has 0 unspecified atom stereocenters. The molecule has 0 radical (unpaired) electrons. The lowest BCUT2D eigenvalue weighted by Crippen LogP contribution is -2.05. The Labute approximate surface area is 108 Å². The standard InChI is InChI=1S/C13H9ClFNO2/c14-10-4-6-11(7-5-10)16(15)12-3-1-2-9(8-12)13(17)18/h1-8H,(H,17,18). The number of aromatic carboxylic acids is 1. The van der Waals surface area contributed by atoms with Crippen LogP contribution in [0.4, 0.5) is 15.9 Å². The van der Waals surface area contributed by atoms with Crippen LogP contribution in [0.1, 0.15) is 10.4 Å². The van der Waals surface area contributed by atoms with Gasteiger partial charge in [0.25, 0.3) is 0 Å². The Bertz CT molecular complexity index is 571. The van der Waals surface area contributed by atoms with Crippen molar-refractivity contribution in [3.8, 4) is 0 Å². The van der Waals surface area contributed by atoms with E-state index in [9.17, 15) is 9.28 Å². The number of carbonyl (C=O) groups is 1. The number of hydrogen-bond donors (Lipinski definition) is 1. The van der Waals surface area contributed by atoms with Crippen molar-refractivity contribution in [3.05, 3.63) is 59.1 Å². The first kappa shape index (κ1) is 12.4. The van der Waals surface area contributed by atoms with Gasteiger partial charge in [0, 0.05) is 5.02 Å². The molecule has 2 aromatic carbocycles. The van der Waals surface area contributed by atoms with Crippen molar-refractivity contribution in [1.29, 1.82) is 0 Å². The number of benzene rings is 2. The molecule has 2 rings (SSSR count). The molecule has 0 amide bonds. The second-order valence-electron chi connectivity index (χ2n) is 3.61. The maximum atomic E-state index is 14.0. The summed E-state index contributed by atoms with van der Waals surface area (Å²) in [5.41, 5.74) is 0.461. The molecule has 0 heterocycles. The molecule has 0 fully saturated rings. The van der Waals surface area contributed by atoms with Crippen molar-refractivity contribution < 1.29 is 14.4 Å². The van der Waals surface area contributed by atoms with Gasteiger partial charge in [-0.2, -0.15) is 5.12 Å². The van der Waals surface area contributed by atoms with Crippen molar-refractivity contribution in [2.75, 3.05) is 5.12 Å². The van der Waals surface area contributed by atoms with Gasteiger partial charge in [-0.15, -0.1) is 0 Å². The molecule has 2 aromatic rings. The number of hydrogen-bond acceptors (Lipinski definition) is 2. The van der Waals surface area contributed by atoms with Crippen LogP contribution in [0, 0.1) is 0 Å². The van der Waals surface area contributed by atoms with Crippen molar-refractivity contribution in [2.45, 2.75) is 0 Å². The summed E-state index contributed by atoms with van der Waals surface area (Å²) >= 11 is 5.71. The maximum absolute atomic E-state index is 14.0. The van der Waals surface area contributed by atoms with Crippen molar-refractivity contribution in [2.24, 2.45) is 0 Å². The van der Waals surface area contributed by atoms with E-state index in [4.69, 9.17) is 16.7 Å². The highest BCUT2D eigenvalue weighted by Crippen LogP contribution is 2.27. The normalized spacial score (nSPS) is 10.1. The molecule has 18 heavy (non-hydrogen) atoms. The minimum atomic E-state index is -1.10. The lowest BCUT2D eigenvalue weighted by molar-refractivity contribution is 0.0697. The summed E-state index contributed by atoms with van der Waals surface area (Å²) in [4.78, 5) is 10.8. The van der Waals surface area contributed by atoms with Crippen LogP contribution in [0.15, 0.2) is 48.5 Å². The molecule has 0 aliphatic rings. The Balaban J connectivity index is 2.33. The molecule has 3 nitrogen and oxygen atoms in total. The number of anilines is 2. The number of halogens is 2.